The molecule has 0 aromatic carbocycles. The van der Waals surface area contributed by atoms with Gasteiger partial charge in [0.15, 0.2) is 9.84 Å². The molecule has 1 unspecified atom stereocenters. The normalized spacial score (nSPS) is 19.2. The Morgan fingerprint density at radius 1 is 1.33 bits per heavy atom. The summed E-state index contributed by atoms with van der Waals surface area (Å²) in [5.74, 6) is 0.0243. The number of nitrogens with one attached hydrogen (secondary N) is 1. The van der Waals surface area contributed by atoms with E-state index in [0.29, 0.717) is 18.7 Å². The van der Waals surface area contributed by atoms with E-state index in [1.165, 1.54) is 12.8 Å². The van der Waals surface area contributed by atoms with Crippen LogP contribution in [0, 0.1) is 0 Å². The number of anilines is 1. The number of hydrogen-bond donors (Lipinski definition) is 1. The van der Waals surface area contributed by atoms with Crippen LogP contribution >= 0.6 is 0 Å². The topological polar surface area (TPSA) is 79.4 Å². The molecule has 2 heterocycles. The van der Waals surface area contributed by atoms with Gasteiger partial charge in [-0.05, 0) is 31.9 Å². The third-order valence-electron chi connectivity index (χ3n) is 4.34. The highest BCUT2D eigenvalue weighted by Crippen LogP contribution is 2.19. The smallest absolute Gasteiger partial charge is 0.272 e. The van der Waals surface area contributed by atoms with E-state index >= 15 is 0 Å². The molecule has 1 aromatic heterocycles. The number of sulfone groups is 1. The lowest BCUT2D eigenvalue weighted by molar-refractivity contribution is 0.0702. The predicted octanol–water partition coefficient (Wildman–Crippen LogP) is 2.33. The number of aromatic nitrogens is 1. The molecule has 0 saturated carbocycles. The summed E-state index contributed by atoms with van der Waals surface area (Å²) < 4.78 is 23.3. The van der Waals surface area contributed by atoms with Gasteiger partial charge in [-0.15, -0.1) is 0 Å². The molecule has 0 radical (unpaired) electrons. The van der Waals surface area contributed by atoms with Gasteiger partial charge in [0.1, 0.15) is 5.69 Å². The lowest BCUT2D eigenvalue weighted by Crippen LogP contribution is -2.41. The standard InChI is InChI=1S/C17H27N3O3S/c1-3-5-6-10-18-14-7-8-16(19-12-14)17(21)20(4-2)15-9-11-24(22,23)13-15/h7-8,12,15,18H,3-6,9-11,13H2,1-2H3. The van der Waals surface area contributed by atoms with Crippen molar-refractivity contribution in [2.24, 2.45) is 0 Å². The second kappa shape index (κ2) is 8.46. The van der Waals surface area contributed by atoms with Gasteiger partial charge in [0.25, 0.3) is 5.91 Å². The number of rotatable bonds is 8. The van der Waals surface area contributed by atoms with E-state index in [1.54, 1.807) is 17.2 Å². The fourth-order valence-corrected chi connectivity index (χ4v) is 4.70. The van der Waals surface area contributed by atoms with Gasteiger partial charge in [0.05, 0.1) is 23.4 Å². The number of hydrogen-bond acceptors (Lipinski definition) is 5. The highest BCUT2D eigenvalue weighted by atomic mass is 32.2. The van der Waals surface area contributed by atoms with Gasteiger partial charge >= 0.3 is 0 Å². The number of nitrogens with zero attached hydrogens (tertiary/aromatic N) is 2. The third kappa shape index (κ3) is 4.93. The SMILES string of the molecule is CCCCCNc1ccc(C(=O)N(CC)C2CCS(=O)(=O)C2)nc1. The lowest BCUT2D eigenvalue weighted by Gasteiger charge is -2.26. The summed E-state index contributed by atoms with van der Waals surface area (Å²) in [5.41, 5.74) is 1.26. The number of carbonyl (C=O) groups is 1. The Kier molecular flexibility index (Phi) is 6.60. The van der Waals surface area contributed by atoms with Gasteiger partial charge in [-0.1, -0.05) is 19.8 Å². The molecule has 7 heteroatoms. The van der Waals surface area contributed by atoms with E-state index in [1.807, 2.05) is 13.0 Å². The molecule has 1 atom stereocenters. The van der Waals surface area contributed by atoms with Crippen LogP contribution in [0.1, 0.15) is 50.0 Å². The molecular weight excluding hydrogens is 326 g/mol. The van der Waals surface area contributed by atoms with Crippen LogP contribution < -0.4 is 5.32 Å². The molecule has 1 amide bonds. The van der Waals surface area contributed by atoms with Crippen LogP contribution in [-0.2, 0) is 9.84 Å². The van der Waals surface area contributed by atoms with Crippen molar-refractivity contribution in [2.45, 2.75) is 45.6 Å². The van der Waals surface area contributed by atoms with Crippen molar-refractivity contribution in [1.82, 2.24) is 9.88 Å². The van der Waals surface area contributed by atoms with E-state index in [2.05, 4.69) is 17.2 Å². The number of pyridine rings is 1. The molecule has 24 heavy (non-hydrogen) atoms. The van der Waals surface area contributed by atoms with Gasteiger partial charge in [-0.3, -0.25) is 4.79 Å². The highest BCUT2D eigenvalue weighted by molar-refractivity contribution is 7.91. The summed E-state index contributed by atoms with van der Waals surface area (Å²) >= 11 is 0. The summed E-state index contributed by atoms with van der Waals surface area (Å²) in [7, 11) is -3.01. The van der Waals surface area contributed by atoms with Crippen molar-refractivity contribution < 1.29 is 13.2 Å². The number of carbonyl (C=O) groups excluding carboxylic acids is 1. The van der Waals surface area contributed by atoms with Crippen molar-refractivity contribution in [2.75, 3.05) is 29.9 Å². The Morgan fingerprint density at radius 3 is 2.67 bits per heavy atom. The lowest BCUT2D eigenvalue weighted by atomic mass is 10.2. The molecule has 1 N–H and O–H groups in total. The molecule has 0 spiro atoms. The molecule has 0 bridgehead atoms. The van der Waals surface area contributed by atoms with E-state index in [9.17, 15) is 13.2 Å². The van der Waals surface area contributed by atoms with Gasteiger partial charge < -0.3 is 10.2 Å². The first-order valence-electron chi connectivity index (χ1n) is 8.68. The van der Waals surface area contributed by atoms with Crippen molar-refractivity contribution in [1.29, 1.82) is 0 Å². The van der Waals surface area contributed by atoms with Gasteiger partial charge in [0.2, 0.25) is 0 Å². The first kappa shape index (κ1) is 18.7. The van der Waals surface area contributed by atoms with Gasteiger partial charge in [0, 0.05) is 19.1 Å². The highest BCUT2D eigenvalue weighted by Gasteiger charge is 2.34. The van der Waals surface area contributed by atoms with Crippen molar-refractivity contribution in [3.05, 3.63) is 24.0 Å². The summed E-state index contributed by atoms with van der Waals surface area (Å²) in [6.45, 7) is 5.41. The maximum Gasteiger partial charge on any atom is 0.272 e. The Morgan fingerprint density at radius 2 is 2.12 bits per heavy atom. The van der Waals surface area contributed by atoms with Gasteiger partial charge in [-0.25, -0.2) is 13.4 Å². The Balaban J connectivity index is 1.98. The van der Waals surface area contributed by atoms with Gasteiger partial charge in [-0.2, -0.15) is 0 Å². The zero-order valence-electron chi connectivity index (χ0n) is 14.5. The van der Waals surface area contributed by atoms with E-state index in [-0.39, 0.29) is 23.5 Å². The molecular formula is C17H27N3O3S. The summed E-state index contributed by atoms with van der Waals surface area (Å²) in [5, 5.41) is 3.29. The molecule has 0 aliphatic carbocycles. The van der Waals surface area contributed by atoms with Crippen LogP contribution in [0.25, 0.3) is 0 Å². The quantitative estimate of drug-likeness (QED) is 0.726. The predicted molar refractivity (Wildman–Crippen MR) is 96.0 cm³/mol. The third-order valence-corrected chi connectivity index (χ3v) is 6.09. The fourth-order valence-electron chi connectivity index (χ4n) is 2.97. The summed E-state index contributed by atoms with van der Waals surface area (Å²) in [4.78, 5) is 18.5. The van der Waals surface area contributed by atoms with E-state index in [0.717, 1.165) is 18.7 Å². The fraction of sp³-hybridized carbons (Fsp3) is 0.647. The van der Waals surface area contributed by atoms with Crippen molar-refractivity contribution >= 4 is 21.4 Å². The van der Waals surface area contributed by atoms with Crippen LogP contribution in [0.15, 0.2) is 18.3 Å². The largest absolute Gasteiger partial charge is 0.384 e. The average molecular weight is 353 g/mol. The minimum absolute atomic E-state index is 0.0592. The Labute approximate surface area is 144 Å². The zero-order valence-corrected chi connectivity index (χ0v) is 15.3. The molecule has 1 aliphatic heterocycles. The number of unbranched alkanes of at least 4 members (excludes halogenated alkanes) is 2. The van der Waals surface area contributed by atoms with Crippen LogP contribution in [0.2, 0.25) is 0 Å². The number of amides is 1. The first-order valence-corrected chi connectivity index (χ1v) is 10.5. The molecule has 2 rings (SSSR count). The molecule has 6 nitrogen and oxygen atoms in total. The van der Waals surface area contributed by atoms with Crippen LogP contribution in [0.4, 0.5) is 5.69 Å². The monoisotopic (exact) mass is 353 g/mol. The van der Waals surface area contributed by atoms with Crippen molar-refractivity contribution in [3.63, 3.8) is 0 Å². The average Bonchev–Trinajstić information content (AvgIpc) is 2.92. The van der Waals surface area contributed by atoms with Crippen LogP contribution in [0.5, 0.6) is 0 Å². The molecule has 134 valence electrons. The van der Waals surface area contributed by atoms with Crippen LogP contribution in [0.3, 0.4) is 0 Å². The summed E-state index contributed by atoms with van der Waals surface area (Å²) in [6, 6.07) is 3.32. The zero-order chi connectivity index (χ0) is 17.6. The van der Waals surface area contributed by atoms with E-state index < -0.39 is 9.84 Å². The molecule has 1 saturated heterocycles. The maximum absolute atomic E-state index is 12.6. The molecule has 1 aliphatic rings. The Hall–Kier alpha value is -1.63. The minimum Gasteiger partial charge on any atom is -0.384 e. The Bertz CT molecular complexity index is 644. The first-order chi connectivity index (χ1) is 11.5. The minimum atomic E-state index is -3.01. The maximum atomic E-state index is 12.6. The second-order valence-corrected chi connectivity index (χ2v) is 8.44. The summed E-state index contributed by atoms with van der Waals surface area (Å²) in [6.07, 6.45) is 5.65. The second-order valence-electron chi connectivity index (χ2n) is 6.21. The molecule has 1 aromatic rings. The van der Waals surface area contributed by atoms with Crippen molar-refractivity contribution in [3.8, 4) is 0 Å². The van der Waals surface area contributed by atoms with E-state index in [4.69, 9.17) is 0 Å². The van der Waals surface area contributed by atoms with Crippen LogP contribution in [-0.4, -0.2) is 54.8 Å². The molecule has 1 fully saturated rings.